The molecular formula is C20H18Cl2N4OS. The number of aromatic nitrogens is 1. The maximum absolute atomic E-state index is 12.5. The van der Waals surface area contributed by atoms with Crippen LogP contribution in [0.5, 0.6) is 0 Å². The van der Waals surface area contributed by atoms with E-state index in [0.717, 1.165) is 21.2 Å². The van der Waals surface area contributed by atoms with Crippen molar-refractivity contribution in [1.82, 2.24) is 9.88 Å². The van der Waals surface area contributed by atoms with E-state index in [1.165, 1.54) is 11.9 Å². The van der Waals surface area contributed by atoms with E-state index >= 15 is 0 Å². The molecule has 2 aromatic carbocycles. The summed E-state index contributed by atoms with van der Waals surface area (Å²) in [6.07, 6.45) is 3.58. The number of halogens is 2. The van der Waals surface area contributed by atoms with Gasteiger partial charge >= 0.3 is 0 Å². The fourth-order valence-electron chi connectivity index (χ4n) is 2.54. The number of nitrogens with zero attached hydrogens (tertiary/aromatic N) is 3. The number of nitrogens with one attached hydrogen (secondary N) is 1. The molecule has 144 valence electrons. The molecule has 3 rings (SSSR count). The fourth-order valence-corrected chi connectivity index (χ4v) is 3.70. The van der Waals surface area contributed by atoms with Crippen LogP contribution < -0.4 is 5.32 Å². The fraction of sp³-hybridized carbons (Fsp3) is 0.150. The molecule has 5 nitrogen and oxygen atoms in total. The molecule has 0 bridgehead atoms. The van der Waals surface area contributed by atoms with E-state index < -0.39 is 0 Å². The number of carbonyl (C=O) groups excluding carboxylic acids is 1. The zero-order valence-corrected chi connectivity index (χ0v) is 17.6. The van der Waals surface area contributed by atoms with Crippen molar-refractivity contribution in [1.29, 1.82) is 0 Å². The van der Waals surface area contributed by atoms with Gasteiger partial charge in [0.15, 0.2) is 0 Å². The monoisotopic (exact) mass is 432 g/mol. The molecule has 0 saturated carbocycles. The predicted octanol–water partition coefficient (Wildman–Crippen LogP) is 5.32. The van der Waals surface area contributed by atoms with Crippen molar-refractivity contribution in [3.63, 3.8) is 0 Å². The molecule has 1 aromatic heterocycles. The molecule has 1 heterocycles. The summed E-state index contributed by atoms with van der Waals surface area (Å²) in [4.78, 5) is 19.3. The minimum absolute atomic E-state index is 0.151. The summed E-state index contributed by atoms with van der Waals surface area (Å²) in [5.41, 5.74) is 1.44. The maximum Gasteiger partial charge on any atom is 0.228 e. The summed E-state index contributed by atoms with van der Waals surface area (Å²) in [6, 6.07) is 12.8. The second kappa shape index (κ2) is 9.28. The quantitative estimate of drug-likeness (QED) is 0.247. The Bertz CT molecular complexity index is 1040. The number of fused-ring (bicyclic) bond motifs is 1. The van der Waals surface area contributed by atoms with Gasteiger partial charge in [0.1, 0.15) is 5.15 Å². The molecule has 0 atom stereocenters. The minimum atomic E-state index is -0.151. The van der Waals surface area contributed by atoms with Crippen LogP contribution in [-0.4, -0.2) is 36.2 Å². The summed E-state index contributed by atoms with van der Waals surface area (Å²) in [7, 11) is 3.79. The largest absolute Gasteiger partial charge is 0.368 e. The summed E-state index contributed by atoms with van der Waals surface area (Å²) in [5, 5.41) is 5.69. The summed E-state index contributed by atoms with van der Waals surface area (Å²) in [6.45, 7) is 0. The summed E-state index contributed by atoms with van der Waals surface area (Å²) >= 11 is 13.5. The molecule has 0 spiro atoms. The molecule has 1 amide bonds. The van der Waals surface area contributed by atoms with Crippen LogP contribution >= 0.6 is 35.1 Å². The molecule has 0 aliphatic carbocycles. The van der Waals surface area contributed by atoms with Crippen molar-refractivity contribution < 1.29 is 4.79 Å². The SMILES string of the molecule is CN(C)/C=N/Sc1cc(NC(=O)Cc2ccccc2Cl)cc2cnc(Cl)cc12. The number of anilines is 1. The van der Waals surface area contributed by atoms with Gasteiger partial charge in [-0.1, -0.05) is 41.4 Å². The van der Waals surface area contributed by atoms with Gasteiger partial charge in [-0.3, -0.25) is 4.79 Å². The molecular weight excluding hydrogens is 415 g/mol. The Balaban J connectivity index is 1.87. The minimum Gasteiger partial charge on any atom is -0.368 e. The highest BCUT2D eigenvalue weighted by Gasteiger charge is 2.11. The van der Waals surface area contributed by atoms with E-state index in [1.807, 2.05) is 49.3 Å². The van der Waals surface area contributed by atoms with Gasteiger partial charge in [-0.2, -0.15) is 0 Å². The summed E-state index contributed by atoms with van der Waals surface area (Å²) < 4.78 is 4.34. The van der Waals surface area contributed by atoms with Crippen molar-refractivity contribution in [2.75, 3.05) is 19.4 Å². The second-order valence-electron chi connectivity index (χ2n) is 6.29. The molecule has 0 saturated heterocycles. The van der Waals surface area contributed by atoms with Crippen LogP contribution in [0.25, 0.3) is 10.8 Å². The van der Waals surface area contributed by atoms with Crippen molar-refractivity contribution in [2.45, 2.75) is 11.3 Å². The average Bonchev–Trinajstić information content (AvgIpc) is 2.64. The second-order valence-corrected chi connectivity index (χ2v) is 7.92. The number of rotatable bonds is 6. The number of pyridine rings is 1. The third-order valence-corrected chi connectivity index (χ3v) is 5.10. The first-order valence-electron chi connectivity index (χ1n) is 8.42. The number of amides is 1. The first kappa shape index (κ1) is 20.5. The Morgan fingerprint density at radius 3 is 2.79 bits per heavy atom. The molecule has 0 fully saturated rings. The number of carbonyl (C=O) groups is 1. The van der Waals surface area contributed by atoms with Gasteiger partial charge in [-0.15, -0.1) is 0 Å². The van der Waals surface area contributed by atoms with E-state index in [0.29, 0.717) is 15.9 Å². The van der Waals surface area contributed by atoms with Crippen LogP contribution in [0.3, 0.4) is 0 Å². The van der Waals surface area contributed by atoms with Gasteiger partial charge in [0, 0.05) is 58.6 Å². The van der Waals surface area contributed by atoms with Crippen LogP contribution in [0.1, 0.15) is 5.56 Å². The Kier molecular flexibility index (Phi) is 6.78. The predicted molar refractivity (Wildman–Crippen MR) is 119 cm³/mol. The van der Waals surface area contributed by atoms with E-state index in [1.54, 1.807) is 24.7 Å². The van der Waals surface area contributed by atoms with Crippen molar-refractivity contribution >= 4 is 63.9 Å². The Labute approximate surface area is 177 Å². The van der Waals surface area contributed by atoms with Gasteiger partial charge in [0.2, 0.25) is 5.91 Å². The highest BCUT2D eigenvalue weighted by Crippen LogP contribution is 2.33. The van der Waals surface area contributed by atoms with Crippen LogP contribution in [0.15, 0.2) is 58.0 Å². The lowest BCUT2D eigenvalue weighted by molar-refractivity contribution is -0.115. The van der Waals surface area contributed by atoms with E-state index in [4.69, 9.17) is 23.2 Å². The van der Waals surface area contributed by atoms with Gasteiger partial charge in [0.25, 0.3) is 0 Å². The Morgan fingerprint density at radius 1 is 1.25 bits per heavy atom. The highest BCUT2D eigenvalue weighted by atomic mass is 35.5. The lowest BCUT2D eigenvalue weighted by atomic mass is 10.1. The van der Waals surface area contributed by atoms with Crippen LogP contribution in [-0.2, 0) is 11.2 Å². The maximum atomic E-state index is 12.5. The van der Waals surface area contributed by atoms with Gasteiger partial charge in [-0.25, -0.2) is 9.38 Å². The molecule has 0 unspecified atom stereocenters. The molecule has 3 aromatic rings. The van der Waals surface area contributed by atoms with E-state index in [-0.39, 0.29) is 12.3 Å². The zero-order chi connectivity index (χ0) is 20.1. The Morgan fingerprint density at radius 2 is 2.04 bits per heavy atom. The normalized spacial score (nSPS) is 11.1. The molecule has 0 radical (unpaired) electrons. The summed E-state index contributed by atoms with van der Waals surface area (Å²) in [5.74, 6) is -0.151. The lowest BCUT2D eigenvalue weighted by Gasteiger charge is -2.11. The molecule has 28 heavy (non-hydrogen) atoms. The van der Waals surface area contributed by atoms with E-state index in [9.17, 15) is 4.79 Å². The van der Waals surface area contributed by atoms with Gasteiger partial charge < -0.3 is 10.2 Å². The van der Waals surface area contributed by atoms with Gasteiger partial charge in [0.05, 0.1) is 12.8 Å². The van der Waals surface area contributed by atoms with Crippen molar-refractivity contribution in [2.24, 2.45) is 4.40 Å². The van der Waals surface area contributed by atoms with Gasteiger partial charge in [-0.05, 0) is 29.8 Å². The zero-order valence-electron chi connectivity index (χ0n) is 15.3. The highest BCUT2D eigenvalue weighted by molar-refractivity contribution is 7.98. The standard InChI is InChI=1S/C20H18Cl2N4OS/c1-26(2)12-24-28-18-9-15(7-14-11-23-19(22)10-16(14)18)25-20(27)8-13-5-3-4-6-17(13)21/h3-7,9-12H,8H2,1-2H3,(H,25,27)/b24-12+. The van der Waals surface area contributed by atoms with E-state index in [2.05, 4.69) is 14.7 Å². The Hall–Kier alpha value is -2.28. The molecule has 0 aliphatic rings. The number of benzene rings is 2. The van der Waals surface area contributed by atoms with Crippen molar-refractivity contribution in [3.8, 4) is 0 Å². The number of hydrogen-bond donors (Lipinski definition) is 1. The number of hydrogen-bond acceptors (Lipinski definition) is 4. The molecule has 8 heteroatoms. The average molecular weight is 433 g/mol. The lowest BCUT2D eigenvalue weighted by Crippen LogP contribution is -2.14. The first-order valence-corrected chi connectivity index (χ1v) is 9.95. The van der Waals surface area contributed by atoms with Crippen LogP contribution in [0.2, 0.25) is 10.2 Å². The third kappa shape index (κ3) is 5.38. The van der Waals surface area contributed by atoms with Crippen molar-refractivity contribution in [3.05, 3.63) is 64.4 Å². The molecule has 0 aliphatic heterocycles. The third-order valence-electron chi connectivity index (χ3n) is 3.79. The smallest absolute Gasteiger partial charge is 0.228 e. The topological polar surface area (TPSA) is 57.6 Å². The molecule has 1 N–H and O–H groups in total. The first-order chi connectivity index (χ1) is 13.4. The van der Waals surface area contributed by atoms with Crippen LogP contribution in [0.4, 0.5) is 5.69 Å². The van der Waals surface area contributed by atoms with Crippen LogP contribution in [0, 0.1) is 0 Å².